The van der Waals surface area contributed by atoms with Crippen LogP contribution in [0.4, 0.5) is 4.79 Å². The molecular weight excluding hydrogens is 318 g/mol. The molecule has 0 aromatic carbocycles. The second kappa shape index (κ2) is 7.62. The third-order valence-electron chi connectivity index (χ3n) is 6.17. The van der Waals surface area contributed by atoms with Gasteiger partial charge in [0.2, 0.25) is 0 Å². The fourth-order valence-electron chi connectivity index (χ4n) is 4.47. The topological polar surface area (TPSA) is 85.8 Å². The van der Waals surface area contributed by atoms with Crippen molar-refractivity contribution < 1.29 is 9.59 Å². The largest absolute Gasteiger partial charge is 0.356 e. The number of nitrogens with zero attached hydrogens (tertiary/aromatic N) is 2. The lowest BCUT2D eigenvalue weighted by atomic mass is 9.79. The van der Waals surface area contributed by atoms with E-state index in [4.69, 9.17) is 0 Å². The fraction of sp³-hybridized carbons (Fsp3) is 0.833. The van der Waals surface area contributed by atoms with Crippen LogP contribution in [-0.4, -0.2) is 55.0 Å². The second-order valence-corrected chi connectivity index (χ2v) is 7.80. The second-order valence-electron chi connectivity index (χ2n) is 7.80. The van der Waals surface area contributed by atoms with Gasteiger partial charge in [0.05, 0.1) is 0 Å². The molecule has 3 amide bonds. The van der Waals surface area contributed by atoms with Crippen molar-refractivity contribution in [3.05, 3.63) is 0 Å². The molecule has 0 radical (unpaired) electrons. The van der Waals surface area contributed by atoms with E-state index in [0.717, 1.165) is 44.4 Å². The quantitative estimate of drug-likeness (QED) is 0.409. The Bertz CT molecular complexity index is 536. The number of guanidine groups is 1. The van der Waals surface area contributed by atoms with Crippen molar-refractivity contribution in [1.82, 2.24) is 20.9 Å². The number of hydrogen-bond acceptors (Lipinski definition) is 3. The minimum Gasteiger partial charge on any atom is -0.356 e. The van der Waals surface area contributed by atoms with Crippen LogP contribution in [0.5, 0.6) is 0 Å². The van der Waals surface area contributed by atoms with Gasteiger partial charge in [0.25, 0.3) is 5.91 Å². The minimum absolute atomic E-state index is 0.159. The van der Waals surface area contributed by atoms with Gasteiger partial charge in [0, 0.05) is 26.7 Å². The molecule has 7 heteroatoms. The Hall–Kier alpha value is -1.79. The van der Waals surface area contributed by atoms with Gasteiger partial charge in [-0.05, 0) is 44.4 Å². The van der Waals surface area contributed by atoms with Gasteiger partial charge in [-0.25, -0.2) is 4.79 Å². The van der Waals surface area contributed by atoms with Crippen LogP contribution < -0.4 is 16.0 Å². The molecule has 3 aliphatic rings. The van der Waals surface area contributed by atoms with E-state index >= 15 is 0 Å². The molecule has 25 heavy (non-hydrogen) atoms. The molecule has 140 valence electrons. The summed E-state index contributed by atoms with van der Waals surface area (Å²) in [6.45, 7) is 4.55. The number of rotatable bonds is 3. The minimum atomic E-state index is -0.776. The first kappa shape index (κ1) is 18.0. The Morgan fingerprint density at radius 2 is 1.88 bits per heavy atom. The molecule has 0 aromatic heterocycles. The van der Waals surface area contributed by atoms with E-state index in [9.17, 15) is 9.59 Å². The van der Waals surface area contributed by atoms with E-state index in [1.807, 2.05) is 14.0 Å². The van der Waals surface area contributed by atoms with Gasteiger partial charge in [0.1, 0.15) is 5.54 Å². The highest BCUT2D eigenvalue weighted by Gasteiger charge is 2.48. The van der Waals surface area contributed by atoms with Gasteiger partial charge in [-0.2, -0.15) is 0 Å². The summed E-state index contributed by atoms with van der Waals surface area (Å²) in [4.78, 5) is 30.3. The first-order chi connectivity index (χ1) is 12.0. The maximum atomic E-state index is 12.1. The number of imide groups is 1. The average Bonchev–Trinajstić information content (AvgIpc) is 2.90. The van der Waals surface area contributed by atoms with E-state index in [1.165, 1.54) is 32.1 Å². The lowest BCUT2D eigenvalue weighted by molar-refractivity contribution is -0.125. The van der Waals surface area contributed by atoms with Gasteiger partial charge in [-0.15, -0.1) is 0 Å². The normalized spacial score (nSPS) is 29.5. The van der Waals surface area contributed by atoms with Gasteiger partial charge < -0.3 is 15.5 Å². The summed E-state index contributed by atoms with van der Waals surface area (Å²) in [6, 6.07) is -0.375. The van der Waals surface area contributed by atoms with Crippen molar-refractivity contribution in [2.24, 2.45) is 16.8 Å². The van der Waals surface area contributed by atoms with Crippen molar-refractivity contribution >= 4 is 17.9 Å². The molecule has 3 N–H and O–H groups in total. The predicted molar refractivity (Wildman–Crippen MR) is 97.3 cm³/mol. The summed E-state index contributed by atoms with van der Waals surface area (Å²) >= 11 is 0. The summed E-state index contributed by atoms with van der Waals surface area (Å²) in [5.74, 6) is 1.69. The zero-order chi connectivity index (χ0) is 17.9. The Morgan fingerprint density at radius 1 is 1.20 bits per heavy atom. The van der Waals surface area contributed by atoms with Crippen molar-refractivity contribution in [3.8, 4) is 0 Å². The first-order valence-corrected chi connectivity index (χ1v) is 9.62. The molecule has 2 saturated heterocycles. The van der Waals surface area contributed by atoms with Gasteiger partial charge in [0.15, 0.2) is 5.96 Å². The Labute approximate surface area is 150 Å². The van der Waals surface area contributed by atoms with Crippen molar-refractivity contribution in [2.75, 3.05) is 26.7 Å². The molecule has 1 aliphatic carbocycles. The SMILES string of the molecule is CN=C(NCC1CCCCC1)N1CCC(C2(C)NC(=O)NC2=O)CC1. The Balaban J connectivity index is 1.50. The molecule has 3 fully saturated rings. The number of carbonyl (C=O) groups is 2. The molecule has 7 nitrogen and oxygen atoms in total. The summed E-state index contributed by atoms with van der Waals surface area (Å²) < 4.78 is 0. The zero-order valence-corrected chi connectivity index (χ0v) is 15.4. The van der Waals surface area contributed by atoms with Crippen LogP contribution >= 0.6 is 0 Å². The monoisotopic (exact) mass is 349 g/mol. The van der Waals surface area contributed by atoms with Crippen molar-refractivity contribution in [3.63, 3.8) is 0 Å². The first-order valence-electron chi connectivity index (χ1n) is 9.62. The van der Waals surface area contributed by atoms with Crippen LogP contribution in [0.1, 0.15) is 51.9 Å². The smallest absolute Gasteiger partial charge is 0.322 e. The van der Waals surface area contributed by atoms with E-state index in [1.54, 1.807) is 0 Å². The van der Waals surface area contributed by atoms with Crippen LogP contribution in [0.2, 0.25) is 0 Å². The summed E-state index contributed by atoms with van der Waals surface area (Å²) in [5.41, 5.74) is -0.776. The predicted octanol–water partition coefficient (Wildman–Crippen LogP) is 1.45. The number of nitrogens with one attached hydrogen (secondary N) is 3. The maximum absolute atomic E-state index is 12.1. The van der Waals surface area contributed by atoms with E-state index in [0.29, 0.717) is 0 Å². The molecule has 1 atom stereocenters. The van der Waals surface area contributed by atoms with Gasteiger partial charge in [-0.3, -0.25) is 15.1 Å². The molecular formula is C18H31N5O2. The molecule has 1 saturated carbocycles. The molecule has 0 spiro atoms. The average molecular weight is 349 g/mol. The van der Waals surface area contributed by atoms with Gasteiger partial charge >= 0.3 is 6.03 Å². The number of urea groups is 1. The maximum Gasteiger partial charge on any atom is 0.322 e. The van der Waals surface area contributed by atoms with Crippen LogP contribution in [0, 0.1) is 11.8 Å². The van der Waals surface area contributed by atoms with Crippen molar-refractivity contribution in [1.29, 1.82) is 0 Å². The molecule has 0 bridgehead atoms. The molecule has 2 aliphatic heterocycles. The molecule has 3 rings (SSSR count). The Morgan fingerprint density at radius 3 is 2.44 bits per heavy atom. The zero-order valence-electron chi connectivity index (χ0n) is 15.4. The number of amides is 3. The lowest BCUT2D eigenvalue weighted by Gasteiger charge is -2.40. The number of carbonyl (C=O) groups excluding carboxylic acids is 2. The fourth-order valence-corrected chi connectivity index (χ4v) is 4.47. The van der Waals surface area contributed by atoms with E-state index in [-0.39, 0.29) is 17.9 Å². The number of piperidine rings is 1. The molecule has 2 heterocycles. The van der Waals surface area contributed by atoms with E-state index < -0.39 is 5.54 Å². The summed E-state index contributed by atoms with van der Waals surface area (Å²) in [6.07, 6.45) is 8.45. The lowest BCUT2D eigenvalue weighted by Crippen LogP contribution is -2.55. The van der Waals surface area contributed by atoms with Crippen LogP contribution in [-0.2, 0) is 4.79 Å². The highest BCUT2D eigenvalue weighted by Crippen LogP contribution is 2.30. The third kappa shape index (κ3) is 3.90. The number of likely N-dealkylation sites (tertiary alicyclic amines) is 1. The van der Waals surface area contributed by atoms with Gasteiger partial charge in [-0.1, -0.05) is 19.3 Å². The molecule has 1 unspecified atom stereocenters. The summed E-state index contributed by atoms with van der Waals surface area (Å²) in [7, 11) is 1.83. The number of aliphatic imine (C=N–C) groups is 1. The van der Waals surface area contributed by atoms with Crippen LogP contribution in [0.3, 0.4) is 0 Å². The standard InChI is InChI=1S/C18H31N5O2/c1-18(15(24)21-17(25)22-18)14-8-10-23(11-9-14)16(19-2)20-12-13-6-4-3-5-7-13/h13-14H,3-12H2,1-2H3,(H,19,20)(H2,21,22,24,25). The molecule has 0 aromatic rings. The van der Waals surface area contributed by atoms with Crippen LogP contribution in [0.25, 0.3) is 0 Å². The summed E-state index contributed by atoms with van der Waals surface area (Å²) in [5, 5.41) is 8.73. The van der Waals surface area contributed by atoms with Crippen molar-refractivity contribution in [2.45, 2.75) is 57.4 Å². The highest BCUT2D eigenvalue weighted by molar-refractivity contribution is 6.07. The highest BCUT2D eigenvalue weighted by atomic mass is 16.2. The van der Waals surface area contributed by atoms with E-state index in [2.05, 4.69) is 25.8 Å². The third-order valence-corrected chi connectivity index (χ3v) is 6.17. The van der Waals surface area contributed by atoms with Crippen LogP contribution in [0.15, 0.2) is 4.99 Å². The number of hydrogen-bond donors (Lipinski definition) is 3. The Kier molecular flexibility index (Phi) is 5.49.